The number of non-ortho nitro benzene ring substituents is 1. The number of thiophene rings is 1. The average Bonchev–Trinajstić information content (AvgIpc) is 2.85. The molecule has 0 radical (unpaired) electrons. The van der Waals surface area contributed by atoms with Gasteiger partial charge in [0, 0.05) is 17.0 Å². The number of nitro groups is 1. The summed E-state index contributed by atoms with van der Waals surface area (Å²) in [7, 11) is 0. The number of carbonyl (C=O) groups excluding carboxylic acids is 1. The number of hydrogen-bond acceptors (Lipinski definition) is 5. The van der Waals surface area contributed by atoms with Gasteiger partial charge in [-0.1, -0.05) is 12.1 Å². The Morgan fingerprint density at radius 2 is 2.05 bits per heavy atom. The molecule has 0 bridgehead atoms. The third-order valence-electron chi connectivity index (χ3n) is 2.49. The molecule has 1 amide bonds. The Balaban J connectivity index is 1.86. The third-order valence-corrected chi connectivity index (χ3v) is 4.05. The van der Waals surface area contributed by atoms with Gasteiger partial charge in [0.05, 0.1) is 21.3 Å². The molecule has 0 spiro atoms. The molecule has 2 aromatic rings. The van der Waals surface area contributed by atoms with E-state index in [2.05, 4.69) is 26.5 Å². The minimum absolute atomic E-state index is 0.000418. The molecule has 0 unspecified atom stereocenters. The van der Waals surface area contributed by atoms with Crippen LogP contribution < -0.4 is 5.43 Å². The van der Waals surface area contributed by atoms with E-state index in [-0.39, 0.29) is 18.0 Å². The first kappa shape index (κ1) is 15.3. The highest BCUT2D eigenvalue weighted by Gasteiger charge is 2.06. The molecule has 6 nitrogen and oxygen atoms in total. The first-order valence-corrected chi connectivity index (χ1v) is 7.46. The van der Waals surface area contributed by atoms with Crippen LogP contribution >= 0.6 is 27.3 Å². The zero-order valence-corrected chi connectivity index (χ0v) is 13.1. The second-order valence-corrected chi connectivity index (χ2v) is 6.53. The average molecular weight is 368 g/mol. The molecule has 21 heavy (non-hydrogen) atoms. The van der Waals surface area contributed by atoms with Crippen LogP contribution in [0, 0.1) is 10.1 Å². The molecule has 0 aliphatic rings. The summed E-state index contributed by atoms with van der Waals surface area (Å²) < 4.78 is 0.987. The molecule has 0 saturated carbocycles. The highest BCUT2D eigenvalue weighted by molar-refractivity contribution is 9.11. The zero-order chi connectivity index (χ0) is 15.2. The fourth-order valence-electron chi connectivity index (χ4n) is 1.53. The monoisotopic (exact) mass is 367 g/mol. The van der Waals surface area contributed by atoms with Gasteiger partial charge in [0.15, 0.2) is 0 Å². The van der Waals surface area contributed by atoms with Crippen molar-refractivity contribution >= 4 is 45.1 Å². The molecule has 108 valence electrons. The van der Waals surface area contributed by atoms with Gasteiger partial charge in [-0.25, -0.2) is 5.43 Å². The molecule has 0 aliphatic carbocycles. The Labute approximate surface area is 132 Å². The molecule has 0 atom stereocenters. The molecule has 1 heterocycles. The highest BCUT2D eigenvalue weighted by atomic mass is 79.9. The lowest BCUT2D eigenvalue weighted by atomic mass is 10.1. The van der Waals surface area contributed by atoms with Crippen molar-refractivity contribution in [3.05, 3.63) is 60.7 Å². The number of nitrogens with one attached hydrogen (secondary N) is 1. The first-order chi connectivity index (χ1) is 10.0. The minimum atomic E-state index is -0.479. The summed E-state index contributed by atoms with van der Waals surface area (Å²) in [6.07, 6.45) is 1.67. The predicted octanol–water partition coefficient (Wildman–Crippen LogP) is 3.11. The standard InChI is InChI=1S/C13H10BrN3O3S/c14-12-6-5-11(21-12)8-15-16-13(18)7-9-1-3-10(4-2-9)17(19)20/h1-6,8H,7H2,(H,16,18). The van der Waals surface area contributed by atoms with Gasteiger partial charge < -0.3 is 0 Å². The van der Waals surface area contributed by atoms with E-state index in [1.54, 1.807) is 18.3 Å². The number of amides is 1. The zero-order valence-electron chi connectivity index (χ0n) is 10.7. The van der Waals surface area contributed by atoms with Crippen molar-refractivity contribution in [1.82, 2.24) is 5.43 Å². The number of nitrogens with zero attached hydrogens (tertiary/aromatic N) is 2. The van der Waals surface area contributed by atoms with Crippen LogP contribution in [0.15, 0.2) is 45.3 Å². The van der Waals surface area contributed by atoms with Gasteiger partial charge >= 0.3 is 0 Å². The van der Waals surface area contributed by atoms with E-state index in [1.807, 2.05) is 12.1 Å². The van der Waals surface area contributed by atoms with Crippen LogP contribution in [-0.4, -0.2) is 17.0 Å². The van der Waals surface area contributed by atoms with Crippen molar-refractivity contribution in [2.45, 2.75) is 6.42 Å². The third kappa shape index (κ3) is 4.76. The minimum Gasteiger partial charge on any atom is -0.273 e. The largest absolute Gasteiger partial charge is 0.273 e. The Morgan fingerprint density at radius 1 is 1.33 bits per heavy atom. The maximum atomic E-state index is 11.7. The van der Waals surface area contributed by atoms with E-state index in [4.69, 9.17) is 0 Å². The van der Waals surface area contributed by atoms with Gasteiger partial charge in [-0.05, 0) is 33.6 Å². The Bertz CT molecular complexity index is 682. The molecule has 0 saturated heterocycles. The van der Waals surface area contributed by atoms with E-state index in [0.717, 1.165) is 8.66 Å². The Morgan fingerprint density at radius 3 is 2.62 bits per heavy atom. The Kier molecular flexibility index (Phi) is 5.18. The van der Waals surface area contributed by atoms with E-state index < -0.39 is 4.92 Å². The number of benzene rings is 1. The molecule has 1 aromatic carbocycles. The normalized spacial score (nSPS) is 10.7. The van der Waals surface area contributed by atoms with E-state index in [1.165, 1.54) is 23.5 Å². The number of nitro benzene ring substituents is 1. The fourth-order valence-corrected chi connectivity index (χ4v) is 2.82. The van der Waals surface area contributed by atoms with Crippen LogP contribution in [0.25, 0.3) is 0 Å². The van der Waals surface area contributed by atoms with Gasteiger partial charge in [-0.15, -0.1) is 11.3 Å². The number of hydrogen-bond donors (Lipinski definition) is 1. The van der Waals surface area contributed by atoms with Gasteiger partial charge in [0.2, 0.25) is 5.91 Å². The van der Waals surface area contributed by atoms with Crippen molar-refractivity contribution < 1.29 is 9.72 Å². The quantitative estimate of drug-likeness (QED) is 0.500. The summed E-state index contributed by atoms with van der Waals surface area (Å²) in [5.74, 6) is -0.282. The number of rotatable bonds is 5. The Hall–Kier alpha value is -2.06. The van der Waals surface area contributed by atoms with Gasteiger partial charge in [0.1, 0.15) is 0 Å². The molecule has 0 aliphatic heterocycles. The second kappa shape index (κ2) is 7.09. The maximum Gasteiger partial charge on any atom is 0.269 e. The molecular weight excluding hydrogens is 358 g/mol. The first-order valence-electron chi connectivity index (χ1n) is 5.85. The summed E-state index contributed by atoms with van der Waals surface area (Å²) in [4.78, 5) is 22.6. The lowest BCUT2D eigenvalue weighted by Crippen LogP contribution is -2.19. The summed E-state index contributed by atoms with van der Waals surface area (Å²) >= 11 is 4.83. The molecule has 8 heteroatoms. The van der Waals surface area contributed by atoms with Crippen LogP contribution in [0.1, 0.15) is 10.4 Å². The van der Waals surface area contributed by atoms with Crippen molar-refractivity contribution in [2.75, 3.05) is 0 Å². The van der Waals surface area contributed by atoms with E-state index in [0.29, 0.717) is 5.56 Å². The van der Waals surface area contributed by atoms with E-state index >= 15 is 0 Å². The number of halogens is 1. The molecule has 1 aromatic heterocycles. The van der Waals surface area contributed by atoms with Gasteiger partial charge in [-0.2, -0.15) is 5.10 Å². The lowest BCUT2D eigenvalue weighted by Gasteiger charge is -2.00. The number of hydrazone groups is 1. The van der Waals surface area contributed by atoms with Crippen LogP contribution in [0.2, 0.25) is 0 Å². The molecule has 1 N–H and O–H groups in total. The van der Waals surface area contributed by atoms with Gasteiger partial charge in [0.25, 0.3) is 5.69 Å². The molecular formula is C13H10BrN3O3S. The van der Waals surface area contributed by atoms with E-state index in [9.17, 15) is 14.9 Å². The highest BCUT2D eigenvalue weighted by Crippen LogP contribution is 2.20. The summed E-state index contributed by atoms with van der Waals surface area (Å²) in [6.45, 7) is 0. The van der Waals surface area contributed by atoms with Crippen LogP contribution in [0.5, 0.6) is 0 Å². The van der Waals surface area contributed by atoms with Crippen molar-refractivity contribution in [3.8, 4) is 0 Å². The van der Waals surface area contributed by atoms with Gasteiger partial charge in [-0.3, -0.25) is 14.9 Å². The number of carbonyl (C=O) groups is 1. The smallest absolute Gasteiger partial charge is 0.269 e. The van der Waals surface area contributed by atoms with Crippen LogP contribution in [-0.2, 0) is 11.2 Å². The van der Waals surface area contributed by atoms with Crippen molar-refractivity contribution in [2.24, 2.45) is 5.10 Å². The van der Waals surface area contributed by atoms with Crippen LogP contribution in [0.3, 0.4) is 0 Å². The van der Waals surface area contributed by atoms with Crippen molar-refractivity contribution in [1.29, 1.82) is 0 Å². The topological polar surface area (TPSA) is 84.6 Å². The molecule has 0 fully saturated rings. The summed E-state index contributed by atoms with van der Waals surface area (Å²) in [5.41, 5.74) is 3.10. The fraction of sp³-hybridized carbons (Fsp3) is 0.0769. The lowest BCUT2D eigenvalue weighted by molar-refractivity contribution is -0.384. The summed E-state index contributed by atoms with van der Waals surface area (Å²) in [6, 6.07) is 9.62. The predicted molar refractivity (Wildman–Crippen MR) is 84.6 cm³/mol. The van der Waals surface area contributed by atoms with Crippen LogP contribution in [0.4, 0.5) is 5.69 Å². The SMILES string of the molecule is O=C(Cc1ccc([N+](=O)[O-])cc1)NN=Cc1ccc(Br)s1. The molecule has 2 rings (SSSR count). The maximum absolute atomic E-state index is 11.7. The second-order valence-electron chi connectivity index (χ2n) is 4.04. The summed E-state index contributed by atoms with van der Waals surface area (Å²) in [5, 5.41) is 14.4. The van der Waals surface area contributed by atoms with Crippen molar-refractivity contribution in [3.63, 3.8) is 0 Å².